The summed E-state index contributed by atoms with van der Waals surface area (Å²) in [6.45, 7) is 3.74. The molecular formula is C18H20N2O5. The van der Waals surface area contributed by atoms with E-state index in [0.29, 0.717) is 37.4 Å². The zero-order chi connectivity index (χ0) is 17.8. The summed E-state index contributed by atoms with van der Waals surface area (Å²) in [6, 6.07) is 6.88. The van der Waals surface area contributed by atoms with Gasteiger partial charge in [-0.25, -0.2) is 9.59 Å². The molecule has 1 aromatic heterocycles. The van der Waals surface area contributed by atoms with E-state index in [0.717, 1.165) is 17.4 Å². The first-order chi connectivity index (χ1) is 12.0. The average Bonchev–Trinajstić information content (AvgIpc) is 2.56. The van der Waals surface area contributed by atoms with Crippen LogP contribution >= 0.6 is 0 Å². The molecule has 7 heteroatoms. The van der Waals surface area contributed by atoms with Crippen LogP contribution in [-0.2, 0) is 16.0 Å². The van der Waals surface area contributed by atoms with E-state index in [4.69, 9.17) is 9.15 Å². The molecule has 2 heterocycles. The number of fused-ring (bicyclic) bond motifs is 1. The maximum absolute atomic E-state index is 12.2. The highest BCUT2D eigenvalue weighted by molar-refractivity contribution is 5.87. The predicted molar refractivity (Wildman–Crippen MR) is 91.5 cm³/mol. The molecule has 2 amide bonds. The van der Waals surface area contributed by atoms with E-state index >= 15 is 0 Å². The number of benzene rings is 1. The monoisotopic (exact) mass is 344 g/mol. The highest BCUT2D eigenvalue weighted by Crippen LogP contribution is 2.18. The van der Waals surface area contributed by atoms with E-state index in [2.05, 4.69) is 5.32 Å². The second-order valence-corrected chi connectivity index (χ2v) is 6.07. The van der Waals surface area contributed by atoms with Crippen molar-refractivity contribution in [2.75, 3.05) is 26.2 Å². The number of hydrogen-bond acceptors (Lipinski definition) is 5. The Morgan fingerprint density at radius 3 is 2.92 bits per heavy atom. The van der Waals surface area contributed by atoms with Crippen molar-refractivity contribution in [2.45, 2.75) is 19.8 Å². The van der Waals surface area contributed by atoms with Gasteiger partial charge in [0.15, 0.2) is 0 Å². The molecule has 1 N–H and O–H groups in total. The summed E-state index contributed by atoms with van der Waals surface area (Å²) in [6.07, 6.45) is 0.531. The lowest BCUT2D eigenvalue weighted by Crippen LogP contribution is -2.42. The van der Waals surface area contributed by atoms with E-state index in [-0.39, 0.29) is 18.4 Å². The number of amides is 2. The molecule has 0 bridgehead atoms. The van der Waals surface area contributed by atoms with E-state index in [9.17, 15) is 14.4 Å². The molecule has 2 aromatic rings. The van der Waals surface area contributed by atoms with Gasteiger partial charge < -0.3 is 19.4 Å². The van der Waals surface area contributed by atoms with Crippen LogP contribution in [0.2, 0.25) is 0 Å². The molecule has 0 unspecified atom stereocenters. The number of cyclic esters (lactones) is 1. The van der Waals surface area contributed by atoms with Crippen LogP contribution in [-0.4, -0.2) is 43.1 Å². The molecule has 7 nitrogen and oxygen atoms in total. The fourth-order valence-corrected chi connectivity index (χ4v) is 2.85. The van der Waals surface area contributed by atoms with Crippen molar-refractivity contribution in [2.24, 2.45) is 0 Å². The molecule has 0 radical (unpaired) electrons. The summed E-state index contributed by atoms with van der Waals surface area (Å²) in [5, 5.41) is 3.52. The third-order valence-electron chi connectivity index (χ3n) is 4.10. The van der Waals surface area contributed by atoms with Crippen molar-refractivity contribution in [3.05, 3.63) is 45.8 Å². The summed E-state index contributed by atoms with van der Waals surface area (Å²) in [5.74, 6) is -0.210. The number of aryl methyl sites for hydroxylation is 1. The van der Waals surface area contributed by atoms with Crippen LogP contribution in [0.4, 0.5) is 4.79 Å². The van der Waals surface area contributed by atoms with Gasteiger partial charge in [0.25, 0.3) is 0 Å². The van der Waals surface area contributed by atoms with Crippen LogP contribution in [0, 0.1) is 6.92 Å². The number of rotatable bonds is 5. The lowest BCUT2D eigenvalue weighted by molar-refractivity contribution is -0.120. The Morgan fingerprint density at radius 1 is 1.28 bits per heavy atom. The third kappa shape index (κ3) is 4.17. The summed E-state index contributed by atoms with van der Waals surface area (Å²) in [7, 11) is 0. The van der Waals surface area contributed by atoms with Gasteiger partial charge >= 0.3 is 11.7 Å². The van der Waals surface area contributed by atoms with E-state index in [1.807, 2.05) is 19.1 Å². The second-order valence-electron chi connectivity index (χ2n) is 6.07. The minimum absolute atomic E-state index is 0.0790. The third-order valence-corrected chi connectivity index (χ3v) is 4.10. The second kappa shape index (κ2) is 7.38. The highest BCUT2D eigenvalue weighted by atomic mass is 16.6. The Labute approximate surface area is 144 Å². The maximum Gasteiger partial charge on any atom is 0.409 e. The fourth-order valence-electron chi connectivity index (χ4n) is 2.85. The molecule has 1 saturated heterocycles. The van der Waals surface area contributed by atoms with Crippen LogP contribution in [0.15, 0.2) is 33.5 Å². The predicted octanol–water partition coefficient (Wildman–Crippen LogP) is 1.60. The van der Waals surface area contributed by atoms with Gasteiger partial charge in [-0.2, -0.15) is 0 Å². The van der Waals surface area contributed by atoms with Crippen molar-refractivity contribution >= 4 is 23.0 Å². The average molecular weight is 344 g/mol. The lowest BCUT2D eigenvalue weighted by Gasteiger charge is -2.26. The summed E-state index contributed by atoms with van der Waals surface area (Å²) < 4.78 is 10.1. The molecule has 1 aliphatic rings. The van der Waals surface area contributed by atoms with Gasteiger partial charge in [-0.3, -0.25) is 4.79 Å². The first kappa shape index (κ1) is 17.0. The molecule has 25 heavy (non-hydrogen) atoms. The first-order valence-corrected chi connectivity index (χ1v) is 8.25. The van der Waals surface area contributed by atoms with Gasteiger partial charge in [-0.15, -0.1) is 0 Å². The largest absolute Gasteiger partial charge is 0.449 e. The SMILES string of the molecule is Cc1ccc2c(CC(=O)NCCN3CCCOC3=O)cc(=O)oc2c1. The topological polar surface area (TPSA) is 88.9 Å². The molecular weight excluding hydrogens is 324 g/mol. The summed E-state index contributed by atoms with van der Waals surface area (Å²) in [5.41, 5.74) is 1.61. The smallest absolute Gasteiger partial charge is 0.409 e. The Kier molecular flexibility index (Phi) is 5.02. The lowest BCUT2D eigenvalue weighted by atomic mass is 10.1. The van der Waals surface area contributed by atoms with Crippen LogP contribution in [0.5, 0.6) is 0 Å². The van der Waals surface area contributed by atoms with Crippen molar-refractivity contribution in [3.8, 4) is 0 Å². The molecule has 132 valence electrons. The Balaban J connectivity index is 1.62. The van der Waals surface area contributed by atoms with Gasteiger partial charge in [-0.1, -0.05) is 12.1 Å². The maximum atomic E-state index is 12.2. The van der Waals surface area contributed by atoms with Gasteiger partial charge in [0, 0.05) is 31.1 Å². The minimum Gasteiger partial charge on any atom is -0.449 e. The Morgan fingerprint density at radius 2 is 2.12 bits per heavy atom. The summed E-state index contributed by atoms with van der Waals surface area (Å²) in [4.78, 5) is 37.0. The number of carbonyl (C=O) groups excluding carboxylic acids is 2. The zero-order valence-electron chi connectivity index (χ0n) is 14.0. The van der Waals surface area contributed by atoms with E-state index < -0.39 is 5.63 Å². The van der Waals surface area contributed by atoms with Gasteiger partial charge in [-0.05, 0) is 30.5 Å². The molecule has 0 aliphatic carbocycles. The van der Waals surface area contributed by atoms with Gasteiger partial charge in [0.1, 0.15) is 5.58 Å². The number of hydrogen-bond donors (Lipinski definition) is 1. The van der Waals surface area contributed by atoms with Crippen molar-refractivity contribution in [1.82, 2.24) is 10.2 Å². The van der Waals surface area contributed by atoms with Crippen molar-refractivity contribution < 1.29 is 18.7 Å². The highest BCUT2D eigenvalue weighted by Gasteiger charge is 2.19. The number of ether oxygens (including phenoxy) is 1. The normalized spacial score (nSPS) is 14.4. The minimum atomic E-state index is -0.475. The van der Waals surface area contributed by atoms with E-state index in [1.165, 1.54) is 6.07 Å². The van der Waals surface area contributed by atoms with Crippen molar-refractivity contribution in [1.29, 1.82) is 0 Å². The molecule has 1 aromatic carbocycles. The van der Waals surface area contributed by atoms with Crippen molar-refractivity contribution in [3.63, 3.8) is 0 Å². The molecule has 1 aliphatic heterocycles. The van der Waals surface area contributed by atoms with Crippen LogP contribution in [0.1, 0.15) is 17.5 Å². The number of carbonyl (C=O) groups is 2. The van der Waals surface area contributed by atoms with Gasteiger partial charge in [0.2, 0.25) is 5.91 Å². The standard InChI is InChI=1S/C18H20N2O5/c1-12-3-4-14-13(11-17(22)25-15(14)9-12)10-16(21)19-5-7-20-6-2-8-24-18(20)23/h3-4,9,11H,2,5-8,10H2,1H3,(H,19,21). The number of nitrogens with zero attached hydrogens (tertiary/aromatic N) is 1. The fraction of sp³-hybridized carbons (Fsp3) is 0.389. The Hall–Kier alpha value is -2.83. The quantitative estimate of drug-likeness (QED) is 0.832. The molecule has 3 rings (SSSR count). The Bertz CT molecular complexity index is 858. The zero-order valence-corrected chi connectivity index (χ0v) is 14.0. The first-order valence-electron chi connectivity index (χ1n) is 8.25. The van der Waals surface area contributed by atoms with Crippen LogP contribution in [0.3, 0.4) is 0 Å². The van der Waals surface area contributed by atoms with E-state index in [1.54, 1.807) is 11.0 Å². The number of nitrogens with one attached hydrogen (secondary N) is 1. The molecule has 1 fully saturated rings. The summed E-state index contributed by atoms with van der Waals surface area (Å²) >= 11 is 0. The molecule has 0 saturated carbocycles. The van der Waals surface area contributed by atoms with Crippen LogP contribution < -0.4 is 10.9 Å². The van der Waals surface area contributed by atoms with Gasteiger partial charge in [0.05, 0.1) is 13.0 Å². The molecule has 0 spiro atoms. The van der Waals surface area contributed by atoms with Crippen LogP contribution in [0.25, 0.3) is 11.0 Å². The molecule has 0 atom stereocenters.